The standard InChI is InChI=1S/C28H52N4O10/c1-19(31(8)26(37)42-28(5,6)7)24(35)30-22(27(2,3)4)25(36)32-18-20(17-21(32)23(29)34)41-16-15-40-14-13-39-12-11-38-10-9-33/h19-22,33H,9-18H2,1-8H3,(H2,29,34)(H,30,35)/t19-,20-,21-,22?/m0/s1. The van der Waals surface area contributed by atoms with Crippen LogP contribution in [0.2, 0.25) is 0 Å². The van der Waals surface area contributed by atoms with Crippen LogP contribution >= 0.6 is 0 Å². The number of amides is 4. The molecule has 0 radical (unpaired) electrons. The van der Waals surface area contributed by atoms with E-state index in [-0.39, 0.29) is 32.8 Å². The normalized spacial score (nSPS) is 18.8. The molecule has 1 unspecified atom stereocenters. The minimum atomic E-state index is -1.00. The number of nitrogens with zero attached hydrogens (tertiary/aromatic N) is 2. The number of likely N-dealkylation sites (N-methyl/N-ethyl adjacent to an activating group) is 1. The van der Waals surface area contributed by atoms with Gasteiger partial charge in [-0.15, -0.1) is 0 Å². The number of rotatable bonds is 17. The minimum Gasteiger partial charge on any atom is -0.444 e. The first-order valence-corrected chi connectivity index (χ1v) is 14.3. The van der Waals surface area contributed by atoms with E-state index >= 15 is 0 Å². The Morgan fingerprint density at radius 1 is 0.952 bits per heavy atom. The van der Waals surface area contributed by atoms with Gasteiger partial charge in [0.25, 0.3) is 0 Å². The molecule has 4 amide bonds. The van der Waals surface area contributed by atoms with Crippen LogP contribution in [0.4, 0.5) is 4.79 Å². The predicted molar refractivity (Wildman–Crippen MR) is 153 cm³/mol. The van der Waals surface area contributed by atoms with Gasteiger partial charge in [0.05, 0.1) is 59.0 Å². The Morgan fingerprint density at radius 3 is 1.95 bits per heavy atom. The molecule has 4 N–H and O–H groups in total. The van der Waals surface area contributed by atoms with E-state index in [0.29, 0.717) is 33.0 Å². The number of carbonyl (C=O) groups excluding carboxylic acids is 4. The number of aliphatic hydroxyl groups excluding tert-OH is 1. The Hall–Kier alpha value is -2.52. The Bertz CT molecular complexity index is 874. The zero-order chi connectivity index (χ0) is 32.1. The van der Waals surface area contributed by atoms with Gasteiger partial charge in [-0.2, -0.15) is 0 Å². The molecule has 0 spiro atoms. The van der Waals surface area contributed by atoms with Gasteiger partial charge in [-0.05, 0) is 33.1 Å². The van der Waals surface area contributed by atoms with Gasteiger partial charge in [-0.1, -0.05) is 20.8 Å². The summed E-state index contributed by atoms with van der Waals surface area (Å²) < 4.78 is 27.1. The van der Waals surface area contributed by atoms with E-state index in [1.165, 1.54) is 23.8 Å². The molecule has 0 saturated carbocycles. The van der Waals surface area contributed by atoms with Crippen LogP contribution in [-0.4, -0.2) is 135 Å². The first-order valence-electron chi connectivity index (χ1n) is 14.3. The van der Waals surface area contributed by atoms with Gasteiger partial charge in [0.15, 0.2) is 0 Å². The number of aliphatic hydroxyl groups is 1. The van der Waals surface area contributed by atoms with Crippen LogP contribution < -0.4 is 11.1 Å². The molecular formula is C28H52N4O10. The highest BCUT2D eigenvalue weighted by Crippen LogP contribution is 2.27. The molecule has 1 aliphatic rings. The molecule has 1 rings (SSSR count). The summed E-state index contributed by atoms with van der Waals surface area (Å²) in [6.45, 7) is 14.5. The van der Waals surface area contributed by atoms with E-state index in [9.17, 15) is 19.2 Å². The van der Waals surface area contributed by atoms with Gasteiger partial charge in [-0.3, -0.25) is 19.3 Å². The van der Waals surface area contributed by atoms with Crippen LogP contribution in [0.15, 0.2) is 0 Å². The van der Waals surface area contributed by atoms with Gasteiger partial charge in [0.1, 0.15) is 23.7 Å². The minimum absolute atomic E-state index is 0.0293. The van der Waals surface area contributed by atoms with Crippen molar-refractivity contribution in [2.75, 3.05) is 66.4 Å². The first-order chi connectivity index (χ1) is 19.5. The fourth-order valence-electron chi connectivity index (χ4n) is 4.06. The molecule has 0 aromatic heterocycles. The maximum absolute atomic E-state index is 13.7. The molecule has 0 aromatic carbocycles. The van der Waals surface area contributed by atoms with Crippen LogP contribution in [0.3, 0.4) is 0 Å². The van der Waals surface area contributed by atoms with Crippen LogP contribution in [0.25, 0.3) is 0 Å². The third-order valence-corrected chi connectivity index (χ3v) is 6.48. The molecule has 1 saturated heterocycles. The van der Waals surface area contributed by atoms with Crippen LogP contribution in [-0.2, 0) is 38.1 Å². The van der Waals surface area contributed by atoms with E-state index < -0.39 is 59.1 Å². The topological polar surface area (TPSA) is 179 Å². The number of nitrogens with two attached hydrogens (primary N) is 1. The van der Waals surface area contributed by atoms with Crippen LogP contribution in [0, 0.1) is 5.41 Å². The molecule has 1 fully saturated rings. The number of likely N-dealkylation sites (tertiary alicyclic amines) is 1. The molecule has 244 valence electrons. The van der Waals surface area contributed by atoms with Crippen molar-refractivity contribution >= 4 is 23.8 Å². The van der Waals surface area contributed by atoms with Crippen molar-refractivity contribution in [3.8, 4) is 0 Å². The Balaban J connectivity index is 2.71. The number of nitrogens with one attached hydrogen (secondary N) is 1. The molecule has 14 heteroatoms. The number of ether oxygens (including phenoxy) is 5. The number of hydrogen-bond acceptors (Lipinski definition) is 10. The monoisotopic (exact) mass is 604 g/mol. The highest BCUT2D eigenvalue weighted by atomic mass is 16.6. The Morgan fingerprint density at radius 2 is 1.48 bits per heavy atom. The third-order valence-electron chi connectivity index (χ3n) is 6.48. The second-order valence-corrected chi connectivity index (χ2v) is 12.3. The molecule has 0 aromatic rings. The Labute approximate surface area is 249 Å². The fourth-order valence-corrected chi connectivity index (χ4v) is 4.06. The fraction of sp³-hybridized carbons (Fsp3) is 0.857. The summed E-state index contributed by atoms with van der Waals surface area (Å²) in [5.41, 5.74) is 4.18. The summed E-state index contributed by atoms with van der Waals surface area (Å²) in [4.78, 5) is 54.2. The van der Waals surface area contributed by atoms with Crippen molar-refractivity contribution in [2.24, 2.45) is 11.1 Å². The lowest BCUT2D eigenvalue weighted by molar-refractivity contribution is -0.144. The van der Waals surface area contributed by atoms with Crippen molar-refractivity contribution < 1.29 is 48.0 Å². The summed E-state index contributed by atoms with van der Waals surface area (Å²) in [7, 11) is 1.45. The Kier molecular flexibility index (Phi) is 15.7. The van der Waals surface area contributed by atoms with Crippen LogP contribution in [0.5, 0.6) is 0 Å². The highest BCUT2D eigenvalue weighted by Gasteiger charge is 2.45. The van der Waals surface area contributed by atoms with Gasteiger partial charge in [0, 0.05) is 20.0 Å². The lowest BCUT2D eigenvalue weighted by Gasteiger charge is -2.36. The van der Waals surface area contributed by atoms with Gasteiger partial charge in [-0.25, -0.2) is 4.79 Å². The number of carbonyl (C=O) groups is 4. The molecule has 0 aliphatic carbocycles. The van der Waals surface area contributed by atoms with Gasteiger partial charge in [0.2, 0.25) is 17.7 Å². The summed E-state index contributed by atoms with van der Waals surface area (Å²) in [5.74, 6) is -1.67. The molecule has 4 atom stereocenters. The van der Waals surface area contributed by atoms with Gasteiger partial charge < -0.3 is 44.7 Å². The van der Waals surface area contributed by atoms with Crippen molar-refractivity contribution in [3.05, 3.63) is 0 Å². The van der Waals surface area contributed by atoms with Crippen LogP contribution in [0.1, 0.15) is 54.9 Å². The summed E-state index contributed by atoms with van der Waals surface area (Å²) in [6, 6.07) is -2.82. The SMILES string of the molecule is C[C@@H](C(=O)NC(C(=O)N1C[C@@H](OCCOCCOCCOCCO)C[C@H]1C(N)=O)C(C)(C)C)N(C)C(=O)OC(C)(C)C. The second-order valence-electron chi connectivity index (χ2n) is 12.3. The highest BCUT2D eigenvalue weighted by molar-refractivity contribution is 5.94. The first kappa shape index (κ1) is 37.5. The lowest BCUT2D eigenvalue weighted by atomic mass is 9.85. The molecule has 42 heavy (non-hydrogen) atoms. The quantitative estimate of drug-likeness (QED) is 0.195. The number of hydrogen-bond donors (Lipinski definition) is 3. The average molecular weight is 605 g/mol. The summed E-state index contributed by atoms with van der Waals surface area (Å²) in [5, 5.41) is 11.4. The van der Waals surface area contributed by atoms with Crippen molar-refractivity contribution in [1.82, 2.24) is 15.1 Å². The van der Waals surface area contributed by atoms with E-state index in [1.54, 1.807) is 41.5 Å². The van der Waals surface area contributed by atoms with E-state index in [1.807, 2.05) is 0 Å². The van der Waals surface area contributed by atoms with Crippen molar-refractivity contribution in [2.45, 2.75) is 84.7 Å². The predicted octanol–water partition coefficient (Wildman–Crippen LogP) is 0.286. The van der Waals surface area contributed by atoms with Crippen molar-refractivity contribution in [1.29, 1.82) is 0 Å². The molecular weight excluding hydrogens is 552 g/mol. The second kappa shape index (κ2) is 17.6. The van der Waals surface area contributed by atoms with E-state index in [2.05, 4.69) is 5.32 Å². The molecule has 1 aliphatic heterocycles. The molecule has 1 heterocycles. The van der Waals surface area contributed by atoms with E-state index in [4.69, 9.17) is 34.5 Å². The smallest absolute Gasteiger partial charge is 0.410 e. The summed E-state index contributed by atoms with van der Waals surface area (Å²) in [6.07, 6.45) is -0.887. The lowest BCUT2D eigenvalue weighted by Crippen LogP contribution is -2.60. The molecule has 0 bridgehead atoms. The van der Waals surface area contributed by atoms with Crippen molar-refractivity contribution in [3.63, 3.8) is 0 Å². The third kappa shape index (κ3) is 13.2. The van der Waals surface area contributed by atoms with E-state index in [0.717, 1.165) is 0 Å². The maximum atomic E-state index is 13.7. The maximum Gasteiger partial charge on any atom is 0.410 e. The largest absolute Gasteiger partial charge is 0.444 e. The average Bonchev–Trinajstić information content (AvgIpc) is 3.32. The zero-order valence-corrected chi connectivity index (χ0v) is 26.5. The molecule has 14 nitrogen and oxygen atoms in total. The number of primary amides is 1. The summed E-state index contributed by atoms with van der Waals surface area (Å²) >= 11 is 0. The zero-order valence-electron chi connectivity index (χ0n) is 26.5. The van der Waals surface area contributed by atoms with Gasteiger partial charge >= 0.3 is 6.09 Å².